The molecule has 7 nitrogen and oxygen atoms in total. The quantitative estimate of drug-likeness (QED) is 0.603. The first-order chi connectivity index (χ1) is 16.5. The molecule has 9 heteroatoms. The molecule has 0 bridgehead atoms. The summed E-state index contributed by atoms with van der Waals surface area (Å²) < 4.78 is 44.2. The molecule has 5 atom stereocenters. The van der Waals surface area contributed by atoms with E-state index in [1.165, 1.54) is 0 Å². The van der Waals surface area contributed by atoms with Gasteiger partial charge in [0.2, 0.25) is 0 Å². The van der Waals surface area contributed by atoms with Gasteiger partial charge in [0.15, 0.2) is 9.84 Å². The smallest absolute Gasteiger partial charge is 0.173 e. The third-order valence-corrected chi connectivity index (χ3v) is 10.1. The minimum atomic E-state index is -3.52. The maximum atomic E-state index is 15.2. The van der Waals surface area contributed by atoms with Gasteiger partial charge in [0.05, 0.1) is 5.25 Å². The van der Waals surface area contributed by atoms with Gasteiger partial charge in [-0.05, 0) is 42.6 Å². The predicted molar refractivity (Wildman–Crippen MR) is 127 cm³/mol. The number of halogens is 1. The van der Waals surface area contributed by atoms with Crippen molar-refractivity contribution < 1.29 is 12.8 Å². The Labute approximate surface area is 198 Å². The van der Waals surface area contributed by atoms with E-state index in [4.69, 9.17) is 0 Å². The lowest BCUT2D eigenvalue weighted by Crippen LogP contribution is -2.39. The van der Waals surface area contributed by atoms with Crippen molar-refractivity contribution in [1.82, 2.24) is 20.1 Å². The summed E-state index contributed by atoms with van der Waals surface area (Å²) in [6.45, 7) is 2.37. The molecule has 2 aliphatic heterocycles. The second-order valence-corrected chi connectivity index (χ2v) is 12.0. The van der Waals surface area contributed by atoms with Crippen LogP contribution in [0.1, 0.15) is 35.3 Å². The van der Waals surface area contributed by atoms with E-state index >= 15 is 4.39 Å². The van der Waals surface area contributed by atoms with Crippen molar-refractivity contribution in [3.05, 3.63) is 78.1 Å². The third kappa shape index (κ3) is 3.80. The largest absolute Gasteiger partial charge is 0.371 e. The van der Waals surface area contributed by atoms with Crippen LogP contribution in [-0.2, 0) is 16.3 Å². The monoisotopic (exact) mass is 481 g/mol. The van der Waals surface area contributed by atoms with Crippen molar-refractivity contribution in [3.63, 3.8) is 0 Å². The number of nitrogens with one attached hydrogen (secondary N) is 1. The Morgan fingerprint density at radius 2 is 1.76 bits per heavy atom. The molecule has 34 heavy (non-hydrogen) atoms. The van der Waals surface area contributed by atoms with Crippen LogP contribution in [0.25, 0.3) is 0 Å². The van der Waals surface area contributed by atoms with Crippen molar-refractivity contribution in [1.29, 1.82) is 0 Å². The van der Waals surface area contributed by atoms with Crippen LogP contribution in [0.2, 0.25) is 0 Å². The van der Waals surface area contributed by atoms with Gasteiger partial charge >= 0.3 is 0 Å². The Hall–Kier alpha value is -2.78. The number of hydrogen-bond acceptors (Lipinski definition) is 6. The van der Waals surface area contributed by atoms with E-state index in [0.29, 0.717) is 36.4 Å². The zero-order chi connectivity index (χ0) is 23.3. The Kier molecular flexibility index (Phi) is 5.41. The SMILES string of the molecule is O=S1(=O)C(Cc2ccc(N3C[C@@H]4C(n5cnnc5)[C@@H]4C3)cc2F)NCCC[C@@H]1c1ccccc1. The van der Waals surface area contributed by atoms with Crippen LogP contribution in [0, 0.1) is 17.7 Å². The maximum Gasteiger partial charge on any atom is 0.173 e. The Morgan fingerprint density at radius 3 is 2.47 bits per heavy atom. The zero-order valence-corrected chi connectivity index (χ0v) is 19.6. The van der Waals surface area contributed by atoms with Gasteiger partial charge < -0.3 is 14.8 Å². The second kappa shape index (κ2) is 8.46. The number of rotatable bonds is 5. The molecule has 0 spiro atoms. The van der Waals surface area contributed by atoms with Gasteiger partial charge in [-0.1, -0.05) is 36.4 Å². The molecule has 2 unspecified atom stereocenters. The fourth-order valence-corrected chi connectivity index (χ4v) is 8.04. The predicted octanol–water partition coefficient (Wildman–Crippen LogP) is 3.13. The molecule has 3 aromatic rings. The molecular weight excluding hydrogens is 453 g/mol. The van der Waals surface area contributed by atoms with Crippen molar-refractivity contribution in [3.8, 4) is 0 Å². The maximum absolute atomic E-state index is 15.2. The average Bonchev–Trinajstić information content (AvgIpc) is 3.19. The van der Waals surface area contributed by atoms with E-state index in [9.17, 15) is 8.42 Å². The topological polar surface area (TPSA) is 80.1 Å². The summed E-state index contributed by atoms with van der Waals surface area (Å²) in [6, 6.07) is 15.0. The Balaban J connectivity index is 1.16. The molecule has 6 rings (SSSR count). The highest BCUT2D eigenvalue weighted by molar-refractivity contribution is 7.92. The van der Waals surface area contributed by atoms with Gasteiger partial charge in [-0.15, -0.1) is 10.2 Å². The van der Waals surface area contributed by atoms with E-state index in [0.717, 1.165) is 30.8 Å². The molecule has 2 aromatic carbocycles. The summed E-state index contributed by atoms with van der Waals surface area (Å²) in [5.74, 6) is 0.730. The van der Waals surface area contributed by atoms with Gasteiger partial charge in [0.1, 0.15) is 23.8 Å². The molecule has 3 aliphatic rings. The fraction of sp³-hybridized carbons (Fsp3) is 0.440. The van der Waals surface area contributed by atoms with Crippen LogP contribution in [-0.4, -0.2) is 48.2 Å². The summed E-state index contributed by atoms with van der Waals surface area (Å²) in [4.78, 5) is 2.22. The minimum absolute atomic E-state index is 0.124. The van der Waals surface area contributed by atoms with Crippen molar-refractivity contribution in [2.45, 2.75) is 35.9 Å². The van der Waals surface area contributed by atoms with E-state index in [-0.39, 0.29) is 12.2 Å². The number of hydrogen-bond donors (Lipinski definition) is 1. The third-order valence-electron chi connectivity index (χ3n) is 7.72. The van der Waals surface area contributed by atoms with E-state index in [1.54, 1.807) is 24.8 Å². The van der Waals surface area contributed by atoms with Crippen LogP contribution in [0.5, 0.6) is 0 Å². The number of benzene rings is 2. The molecule has 0 radical (unpaired) electrons. The fourth-order valence-electron chi connectivity index (χ4n) is 5.85. The summed E-state index contributed by atoms with van der Waals surface area (Å²) in [7, 11) is -3.52. The number of sulfone groups is 1. The molecule has 2 saturated heterocycles. The lowest BCUT2D eigenvalue weighted by Gasteiger charge is -2.24. The van der Waals surface area contributed by atoms with Crippen molar-refractivity contribution >= 4 is 15.5 Å². The molecule has 3 fully saturated rings. The standard InChI is InChI=1S/C25H28FN5O2S/c26-22-12-19(30-13-20-21(14-30)25(20)31-15-28-29-16-31)9-8-18(22)11-24-27-10-4-7-23(34(24,32)33)17-5-2-1-3-6-17/h1-3,5-6,8-9,12,15-16,20-21,23-25,27H,4,7,10-11,13-14H2/t20-,21+,23-,24?,25?/m1/s1. The molecule has 0 amide bonds. The average molecular weight is 482 g/mol. The Bertz CT molecular complexity index is 1260. The lowest BCUT2D eigenvalue weighted by molar-refractivity contribution is 0.542. The van der Waals surface area contributed by atoms with E-state index in [2.05, 4.69) is 25.0 Å². The van der Waals surface area contributed by atoms with Crippen LogP contribution < -0.4 is 10.2 Å². The van der Waals surface area contributed by atoms with Crippen molar-refractivity contribution in [2.24, 2.45) is 11.8 Å². The second-order valence-electron chi connectivity index (χ2n) is 9.69. The first kappa shape index (κ1) is 21.7. The van der Waals surface area contributed by atoms with Gasteiger partial charge in [-0.25, -0.2) is 12.8 Å². The van der Waals surface area contributed by atoms with Crippen LogP contribution in [0.4, 0.5) is 10.1 Å². The number of piperidine rings is 1. The van der Waals surface area contributed by atoms with Gasteiger partial charge in [0.25, 0.3) is 0 Å². The highest BCUT2D eigenvalue weighted by Crippen LogP contribution is 2.55. The van der Waals surface area contributed by atoms with Gasteiger partial charge in [-0.2, -0.15) is 0 Å². The summed E-state index contributed by atoms with van der Waals surface area (Å²) in [6.07, 6.45) is 4.99. The number of anilines is 1. The van der Waals surface area contributed by atoms with Crippen molar-refractivity contribution in [2.75, 3.05) is 24.5 Å². The number of fused-ring (bicyclic) bond motifs is 1. The molecule has 1 N–H and O–H groups in total. The van der Waals surface area contributed by atoms with Crippen LogP contribution in [0.3, 0.4) is 0 Å². The first-order valence-electron chi connectivity index (χ1n) is 11.9. The minimum Gasteiger partial charge on any atom is -0.371 e. The molecule has 3 heterocycles. The van der Waals surface area contributed by atoms with E-state index in [1.807, 2.05) is 36.4 Å². The lowest BCUT2D eigenvalue weighted by atomic mass is 10.1. The summed E-state index contributed by atoms with van der Waals surface area (Å²) in [5, 5.41) is 9.60. The number of aromatic nitrogens is 3. The molecule has 1 aromatic heterocycles. The molecule has 1 aliphatic carbocycles. The first-order valence-corrected chi connectivity index (χ1v) is 13.5. The van der Waals surface area contributed by atoms with Gasteiger partial charge in [-0.3, -0.25) is 0 Å². The number of nitrogens with zero attached hydrogens (tertiary/aromatic N) is 4. The Morgan fingerprint density at radius 1 is 1.03 bits per heavy atom. The van der Waals surface area contributed by atoms with Crippen LogP contribution >= 0.6 is 0 Å². The highest BCUT2D eigenvalue weighted by Gasteiger charge is 2.57. The zero-order valence-electron chi connectivity index (χ0n) is 18.8. The summed E-state index contributed by atoms with van der Waals surface area (Å²) in [5.41, 5.74) is 2.10. The normalized spacial score (nSPS) is 30.0. The molecular formula is C25H28FN5O2S. The molecule has 178 valence electrons. The highest BCUT2D eigenvalue weighted by atomic mass is 32.2. The van der Waals surface area contributed by atoms with E-state index < -0.39 is 20.5 Å². The summed E-state index contributed by atoms with van der Waals surface area (Å²) >= 11 is 0. The van der Waals surface area contributed by atoms with Gasteiger partial charge in [0, 0.05) is 43.1 Å². The van der Waals surface area contributed by atoms with Crippen LogP contribution in [0.15, 0.2) is 61.2 Å². The molecule has 1 saturated carbocycles.